The van der Waals surface area contributed by atoms with Gasteiger partial charge in [0.05, 0.1) is 22.3 Å². The normalized spacial score (nSPS) is 17.3. The number of carbonyl (C=O) groups is 1. The Bertz CT molecular complexity index is 660. The molecular weight excluding hydrogens is 276 g/mol. The first-order valence-corrected chi connectivity index (χ1v) is 6.71. The van der Waals surface area contributed by atoms with Crippen LogP contribution < -0.4 is 9.64 Å². The first-order chi connectivity index (χ1) is 9.68. The summed E-state index contributed by atoms with van der Waals surface area (Å²) in [6, 6.07) is 9.08. The quantitative estimate of drug-likeness (QED) is 0.809. The number of para-hydroxylation sites is 2. The number of halogens is 1. The number of ether oxygens (including phenoxy) is 1. The average Bonchev–Trinajstić information content (AvgIpc) is 2.47. The second kappa shape index (κ2) is 5.13. The summed E-state index contributed by atoms with van der Waals surface area (Å²) in [5.74, 6) is 0.574. The molecule has 0 saturated carbocycles. The lowest BCUT2D eigenvalue weighted by atomic mass is 10.1. The Morgan fingerprint density at radius 1 is 1.40 bits per heavy atom. The number of hydrogen-bond donors (Lipinski definition) is 0. The first-order valence-electron chi connectivity index (χ1n) is 6.33. The van der Waals surface area contributed by atoms with E-state index in [4.69, 9.17) is 16.3 Å². The smallest absolute Gasteiger partial charge is 0.260 e. The molecule has 1 aliphatic rings. The maximum atomic E-state index is 12.8. The van der Waals surface area contributed by atoms with Crippen molar-refractivity contribution in [1.82, 2.24) is 4.98 Å². The molecule has 1 aromatic heterocycles. The lowest BCUT2D eigenvalue weighted by Crippen LogP contribution is -2.45. The maximum absolute atomic E-state index is 12.8. The van der Waals surface area contributed by atoms with E-state index in [1.54, 1.807) is 17.2 Å². The van der Waals surface area contributed by atoms with Crippen molar-refractivity contribution in [3.05, 3.63) is 53.3 Å². The summed E-state index contributed by atoms with van der Waals surface area (Å²) in [6.45, 7) is 2.41. The third kappa shape index (κ3) is 2.12. The molecule has 0 bridgehead atoms. The molecule has 102 valence electrons. The number of benzene rings is 1. The molecule has 3 rings (SSSR count). The van der Waals surface area contributed by atoms with Crippen molar-refractivity contribution in [3.63, 3.8) is 0 Å². The standard InChI is InChI=1S/C15H13ClN2O2/c1-10-9-20-14-5-3-2-4-13(14)18(10)15(19)11-6-7-17-8-12(11)16/h2-8,10H,9H2,1H3/t10-/m1/s1. The van der Waals surface area contributed by atoms with Gasteiger partial charge in [-0.2, -0.15) is 0 Å². The van der Waals surface area contributed by atoms with Gasteiger partial charge in [-0.3, -0.25) is 14.7 Å². The highest BCUT2D eigenvalue weighted by Crippen LogP contribution is 2.35. The van der Waals surface area contributed by atoms with Crippen LogP contribution in [0.1, 0.15) is 17.3 Å². The van der Waals surface area contributed by atoms with E-state index in [9.17, 15) is 4.79 Å². The summed E-state index contributed by atoms with van der Waals surface area (Å²) in [6.07, 6.45) is 3.04. The number of anilines is 1. The van der Waals surface area contributed by atoms with Crippen LogP contribution in [0.4, 0.5) is 5.69 Å². The van der Waals surface area contributed by atoms with E-state index in [1.165, 1.54) is 6.20 Å². The van der Waals surface area contributed by atoms with E-state index in [0.29, 0.717) is 22.9 Å². The average molecular weight is 289 g/mol. The number of nitrogens with zero attached hydrogens (tertiary/aromatic N) is 2. The summed E-state index contributed by atoms with van der Waals surface area (Å²) in [4.78, 5) is 18.4. The molecule has 2 heterocycles. The molecule has 2 aromatic rings. The summed E-state index contributed by atoms with van der Waals surface area (Å²) < 4.78 is 5.64. The molecular formula is C15H13ClN2O2. The highest BCUT2D eigenvalue weighted by Gasteiger charge is 2.30. The zero-order valence-corrected chi connectivity index (χ0v) is 11.7. The van der Waals surface area contributed by atoms with Crippen LogP contribution in [-0.4, -0.2) is 23.5 Å². The van der Waals surface area contributed by atoms with Crippen molar-refractivity contribution >= 4 is 23.2 Å². The van der Waals surface area contributed by atoms with Crippen LogP contribution in [-0.2, 0) is 0 Å². The lowest BCUT2D eigenvalue weighted by molar-refractivity contribution is 0.0961. The van der Waals surface area contributed by atoms with Crippen molar-refractivity contribution in [3.8, 4) is 5.75 Å². The lowest BCUT2D eigenvalue weighted by Gasteiger charge is -2.35. The molecule has 5 heteroatoms. The number of hydrogen-bond acceptors (Lipinski definition) is 3. The Morgan fingerprint density at radius 3 is 3.00 bits per heavy atom. The molecule has 0 spiro atoms. The van der Waals surface area contributed by atoms with E-state index in [1.807, 2.05) is 31.2 Å². The van der Waals surface area contributed by atoms with Crippen LogP contribution in [0.25, 0.3) is 0 Å². The fourth-order valence-electron chi connectivity index (χ4n) is 2.29. The Kier molecular flexibility index (Phi) is 3.32. The molecule has 20 heavy (non-hydrogen) atoms. The zero-order chi connectivity index (χ0) is 14.1. The number of rotatable bonds is 1. The number of amides is 1. The minimum atomic E-state index is -0.138. The van der Waals surface area contributed by atoms with Gasteiger partial charge in [0.15, 0.2) is 0 Å². The SMILES string of the molecule is C[C@@H]1COc2ccccc2N1C(=O)c1ccncc1Cl. The predicted octanol–water partition coefficient (Wildman–Crippen LogP) is 3.16. The second-order valence-electron chi connectivity index (χ2n) is 4.66. The maximum Gasteiger partial charge on any atom is 0.260 e. The fraction of sp³-hybridized carbons (Fsp3) is 0.200. The summed E-state index contributed by atoms with van der Waals surface area (Å²) in [5.41, 5.74) is 1.22. The van der Waals surface area contributed by atoms with Gasteiger partial charge in [0, 0.05) is 12.4 Å². The van der Waals surface area contributed by atoms with Crippen molar-refractivity contribution in [1.29, 1.82) is 0 Å². The Hall–Kier alpha value is -2.07. The van der Waals surface area contributed by atoms with Gasteiger partial charge in [-0.05, 0) is 25.1 Å². The monoisotopic (exact) mass is 288 g/mol. The fourth-order valence-corrected chi connectivity index (χ4v) is 2.49. The Balaban J connectivity index is 2.05. The zero-order valence-electron chi connectivity index (χ0n) is 10.9. The molecule has 0 N–H and O–H groups in total. The molecule has 0 saturated heterocycles. The summed E-state index contributed by atoms with van der Waals surface area (Å²) in [5, 5.41) is 0.355. The van der Waals surface area contributed by atoms with Gasteiger partial charge in [-0.25, -0.2) is 0 Å². The van der Waals surface area contributed by atoms with Gasteiger partial charge in [-0.15, -0.1) is 0 Å². The third-order valence-electron chi connectivity index (χ3n) is 3.27. The van der Waals surface area contributed by atoms with Crippen LogP contribution in [0.2, 0.25) is 5.02 Å². The van der Waals surface area contributed by atoms with Crippen molar-refractivity contribution in [2.75, 3.05) is 11.5 Å². The minimum absolute atomic E-state index is 0.0540. The van der Waals surface area contributed by atoms with Crippen LogP contribution in [0.5, 0.6) is 5.75 Å². The number of aromatic nitrogens is 1. The van der Waals surface area contributed by atoms with E-state index in [0.717, 1.165) is 5.69 Å². The molecule has 0 aliphatic carbocycles. The van der Waals surface area contributed by atoms with E-state index in [2.05, 4.69) is 4.98 Å². The molecule has 0 unspecified atom stereocenters. The highest BCUT2D eigenvalue weighted by atomic mass is 35.5. The molecule has 1 aromatic carbocycles. The molecule has 0 fully saturated rings. The van der Waals surface area contributed by atoms with E-state index in [-0.39, 0.29) is 11.9 Å². The van der Waals surface area contributed by atoms with Crippen molar-refractivity contribution in [2.45, 2.75) is 13.0 Å². The number of fused-ring (bicyclic) bond motifs is 1. The molecule has 1 atom stereocenters. The van der Waals surface area contributed by atoms with Gasteiger partial charge < -0.3 is 4.74 Å². The van der Waals surface area contributed by atoms with E-state index >= 15 is 0 Å². The van der Waals surface area contributed by atoms with Gasteiger partial charge in [-0.1, -0.05) is 23.7 Å². The highest BCUT2D eigenvalue weighted by molar-refractivity contribution is 6.34. The number of pyridine rings is 1. The molecule has 1 aliphatic heterocycles. The topological polar surface area (TPSA) is 42.4 Å². The predicted molar refractivity (Wildman–Crippen MR) is 77.5 cm³/mol. The molecule has 4 nitrogen and oxygen atoms in total. The van der Waals surface area contributed by atoms with Gasteiger partial charge in [0.2, 0.25) is 0 Å². The Morgan fingerprint density at radius 2 is 2.20 bits per heavy atom. The molecule has 0 radical (unpaired) electrons. The number of carbonyl (C=O) groups excluding carboxylic acids is 1. The van der Waals surface area contributed by atoms with Crippen molar-refractivity contribution < 1.29 is 9.53 Å². The Labute approximate surface area is 122 Å². The largest absolute Gasteiger partial charge is 0.489 e. The molecule has 1 amide bonds. The summed E-state index contributed by atoms with van der Waals surface area (Å²) in [7, 11) is 0. The van der Waals surface area contributed by atoms with Gasteiger partial charge in [0.25, 0.3) is 5.91 Å². The van der Waals surface area contributed by atoms with Crippen LogP contribution >= 0.6 is 11.6 Å². The van der Waals surface area contributed by atoms with Crippen molar-refractivity contribution in [2.24, 2.45) is 0 Å². The second-order valence-corrected chi connectivity index (χ2v) is 5.07. The summed E-state index contributed by atoms with van der Waals surface area (Å²) >= 11 is 6.07. The van der Waals surface area contributed by atoms with Crippen LogP contribution in [0, 0.1) is 0 Å². The minimum Gasteiger partial charge on any atom is -0.489 e. The van der Waals surface area contributed by atoms with Crippen LogP contribution in [0.3, 0.4) is 0 Å². The van der Waals surface area contributed by atoms with Gasteiger partial charge in [0.1, 0.15) is 12.4 Å². The van der Waals surface area contributed by atoms with E-state index < -0.39 is 0 Å². The third-order valence-corrected chi connectivity index (χ3v) is 3.57. The van der Waals surface area contributed by atoms with Gasteiger partial charge >= 0.3 is 0 Å². The van der Waals surface area contributed by atoms with Crippen LogP contribution in [0.15, 0.2) is 42.7 Å². The first kappa shape index (κ1) is 12.9.